The maximum Gasteiger partial charge on any atom is 0.272 e. The highest BCUT2D eigenvalue weighted by Crippen LogP contribution is 2.18. The van der Waals surface area contributed by atoms with E-state index in [0.717, 1.165) is 51.3 Å². The summed E-state index contributed by atoms with van der Waals surface area (Å²) in [7, 11) is 1.71. The molecule has 116 valence electrons. The van der Waals surface area contributed by atoms with Crippen molar-refractivity contribution in [3.8, 4) is 0 Å². The van der Waals surface area contributed by atoms with Gasteiger partial charge in [-0.2, -0.15) is 0 Å². The van der Waals surface area contributed by atoms with Crippen LogP contribution in [0.1, 0.15) is 36.7 Å². The number of rotatable bonds is 6. The van der Waals surface area contributed by atoms with E-state index in [2.05, 4.69) is 17.2 Å². The molecule has 0 bridgehead atoms. The topological polar surface area (TPSA) is 54.5 Å². The molecule has 1 fully saturated rings. The first-order chi connectivity index (χ1) is 10.2. The van der Waals surface area contributed by atoms with Gasteiger partial charge in [-0.25, -0.2) is 4.98 Å². The second-order valence-electron chi connectivity index (χ2n) is 5.55. The number of piperidine rings is 1. The van der Waals surface area contributed by atoms with Gasteiger partial charge >= 0.3 is 0 Å². The lowest BCUT2D eigenvalue weighted by Gasteiger charge is -2.32. The minimum Gasteiger partial charge on any atom is -0.384 e. The number of aromatic nitrogens is 1. The summed E-state index contributed by atoms with van der Waals surface area (Å²) in [6.07, 6.45) is 3.20. The highest BCUT2D eigenvalue weighted by molar-refractivity contribution is 5.92. The number of likely N-dealkylation sites (tertiary alicyclic amines) is 1. The lowest BCUT2D eigenvalue weighted by molar-refractivity contribution is 0.0566. The molecule has 0 spiro atoms. The first-order valence-corrected chi connectivity index (χ1v) is 7.73. The normalized spacial score (nSPS) is 18.6. The fourth-order valence-electron chi connectivity index (χ4n) is 2.69. The quantitative estimate of drug-likeness (QED) is 0.874. The van der Waals surface area contributed by atoms with Crippen molar-refractivity contribution in [3.05, 3.63) is 23.9 Å². The highest BCUT2D eigenvalue weighted by atomic mass is 16.5. The summed E-state index contributed by atoms with van der Waals surface area (Å²) in [5.41, 5.74) is 0.522. The van der Waals surface area contributed by atoms with Gasteiger partial charge in [-0.1, -0.05) is 13.0 Å². The van der Waals surface area contributed by atoms with E-state index in [4.69, 9.17) is 4.74 Å². The average molecular weight is 291 g/mol. The van der Waals surface area contributed by atoms with Crippen LogP contribution in [0.5, 0.6) is 0 Å². The van der Waals surface area contributed by atoms with Gasteiger partial charge in [0.15, 0.2) is 0 Å². The molecule has 1 aliphatic rings. The molecule has 5 heteroatoms. The smallest absolute Gasteiger partial charge is 0.272 e. The van der Waals surface area contributed by atoms with Crippen LogP contribution in [0, 0.1) is 5.92 Å². The molecule has 1 unspecified atom stereocenters. The molecule has 1 aromatic heterocycles. The molecule has 2 heterocycles. The Hall–Kier alpha value is -1.62. The minimum atomic E-state index is 0.0240. The molecule has 0 aliphatic carbocycles. The summed E-state index contributed by atoms with van der Waals surface area (Å²) in [5.74, 6) is 1.23. The number of methoxy groups -OCH3 is 1. The van der Waals surface area contributed by atoms with Crippen molar-refractivity contribution in [1.29, 1.82) is 0 Å². The minimum absolute atomic E-state index is 0.0240. The standard InChI is InChI=1S/C16H25N3O2/c1-3-9-17-15-8-4-7-14(18-15)16(20)19-10-5-6-13(11-19)12-21-2/h4,7-8,13H,3,5-6,9-12H2,1-2H3,(H,17,18). The maximum atomic E-state index is 12.6. The van der Waals surface area contributed by atoms with Crippen molar-refractivity contribution >= 4 is 11.7 Å². The summed E-state index contributed by atoms with van der Waals surface area (Å²) < 4.78 is 5.21. The zero-order valence-electron chi connectivity index (χ0n) is 13.0. The van der Waals surface area contributed by atoms with Gasteiger partial charge in [-0.15, -0.1) is 0 Å². The van der Waals surface area contributed by atoms with Gasteiger partial charge in [0.2, 0.25) is 0 Å². The SMILES string of the molecule is CCCNc1cccc(C(=O)N2CCCC(COC)C2)n1. The average Bonchev–Trinajstić information content (AvgIpc) is 2.53. The molecule has 5 nitrogen and oxygen atoms in total. The number of hydrogen-bond donors (Lipinski definition) is 1. The van der Waals surface area contributed by atoms with E-state index in [1.807, 2.05) is 17.0 Å². The lowest BCUT2D eigenvalue weighted by Crippen LogP contribution is -2.41. The number of pyridine rings is 1. The Balaban J connectivity index is 2.01. The summed E-state index contributed by atoms with van der Waals surface area (Å²) in [6.45, 7) is 5.26. The molecular weight excluding hydrogens is 266 g/mol. The van der Waals surface area contributed by atoms with Gasteiger partial charge in [0.05, 0.1) is 6.61 Å². The highest BCUT2D eigenvalue weighted by Gasteiger charge is 2.25. The number of anilines is 1. The van der Waals surface area contributed by atoms with E-state index in [0.29, 0.717) is 11.6 Å². The van der Waals surface area contributed by atoms with E-state index in [1.165, 1.54) is 0 Å². The summed E-state index contributed by atoms with van der Waals surface area (Å²) >= 11 is 0. The van der Waals surface area contributed by atoms with Crippen molar-refractivity contribution in [1.82, 2.24) is 9.88 Å². The number of carbonyl (C=O) groups excluding carboxylic acids is 1. The van der Waals surface area contributed by atoms with Gasteiger partial charge in [0.1, 0.15) is 11.5 Å². The molecule has 1 aromatic rings. The van der Waals surface area contributed by atoms with Crippen LogP contribution >= 0.6 is 0 Å². The third-order valence-electron chi connectivity index (χ3n) is 3.73. The molecule has 21 heavy (non-hydrogen) atoms. The van der Waals surface area contributed by atoms with Crippen molar-refractivity contribution in [2.24, 2.45) is 5.92 Å². The third kappa shape index (κ3) is 4.43. The van der Waals surface area contributed by atoms with Gasteiger partial charge in [0, 0.05) is 26.7 Å². The van der Waals surface area contributed by atoms with Gasteiger partial charge in [-0.05, 0) is 37.3 Å². The fourth-order valence-corrected chi connectivity index (χ4v) is 2.69. The molecule has 1 saturated heterocycles. The van der Waals surface area contributed by atoms with Crippen LogP contribution < -0.4 is 5.32 Å². The zero-order valence-corrected chi connectivity index (χ0v) is 13.0. The van der Waals surface area contributed by atoms with Crippen molar-refractivity contribution in [2.45, 2.75) is 26.2 Å². The summed E-state index contributed by atoms with van der Waals surface area (Å²) in [4.78, 5) is 18.9. The van der Waals surface area contributed by atoms with Gasteiger partial charge < -0.3 is 15.0 Å². The summed E-state index contributed by atoms with van der Waals surface area (Å²) in [6, 6.07) is 5.57. The molecule has 1 amide bonds. The van der Waals surface area contributed by atoms with E-state index in [-0.39, 0.29) is 5.91 Å². The summed E-state index contributed by atoms with van der Waals surface area (Å²) in [5, 5.41) is 3.22. The molecule has 0 radical (unpaired) electrons. The molecule has 1 atom stereocenters. The van der Waals surface area contributed by atoms with Crippen molar-refractivity contribution in [3.63, 3.8) is 0 Å². The lowest BCUT2D eigenvalue weighted by atomic mass is 9.98. The Morgan fingerprint density at radius 3 is 3.14 bits per heavy atom. The molecule has 0 aromatic carbocycles. The number of hydrogen-bond acceptors (Lipinski definition) is 4. The van der Waals surface area contributed by atoms with Crippen molar-refractivity contribution in [2.75, 3.05) is 38.7 Å². The van der Waals surface area contributed by atoms with Crippen LogP contribution in [0.25, 0.3) is 0 Å². The van der Waals surface area contributed by atoms with Crippen LogP contribution in [0.2, 0.25) is 0 Å². The monoisotopic (exact) mass is 291 g/mol. The first-order valence-electron chi connectivity index (χ1n) is 7.73. The van der Waals surface area contributed by atoms with E-state index in [9.17, 15) is 4.79 Å². The number of ether oxygens (including phenoxy) is 1. The van der Waals surface area contributed by atoms with Gasteiger partial charge in [-0.3, -0.25) is 4.79 Å². The molecule has 0 saturated carbocycles. The second-order valence-corrected chi connectivity index (χ2v) is 5.55. The van der Waals surface area contributed by atoms with Crippen LogP contribution in [0.4, 0.5) is 5.82 Å². The molecular formula is C16H25N3O2. The Bertz CT molecular complexity index is 463. The Morgan fingerprint density at radius 1 is 1.52 bits per heavy atom. The van der Waals surface area contributed by atoms with E-state index in [1.54, 1.807) is 13.2 Å². The Labute approximate surface area is 126 Å². The third-order valence-corrected chi connectivity index (χ3v) is 3.73. The second kappa shape index (κ2) is 7.98. The number of amides is 1. The number of carbonyl (C=O) groups is 1. The number of nitrogens with zero attached hydrogens (tertiary/aromatic N) is 2. The maximum absolute atomic E-state index is 12.6. The van der Waals surface area contributed by atoms with E-state index >= 15 is 0 Å². The Kier molecular flexibility index (Phi) is 5.99. The fraction of sp³-hybridized carbons (Fsp3) is 0.625. The predicted octanol–water partition coefficient (Wildman–Crippen LogP) is 2.40. The molecule has 1 N–H and O–H groups in total. The number of nitrogens with one attached hydrogen (secondary N) is 1. The van der Waals surface area contributed by atoms with Crippen LogP contribution in [-0.4, -0.2) is 49.1 Å². The Morgan fingerprint density at radius 2 is 2.38 bits per heavy atom. The van der Waals surface area contributed by atoms with Crippen LogP contribution in [0.3, 0.4) is 0 Å². The van der Waals surface area contributed by atoms with Crippen LogP contribution in [0.15, 0.2) is 18.2 Å². The molecule has 1 aliphatic heterocycles. The predicted molar refractivity (Wildman–Crippen MR) is 83.5 cm³/mol. The molecule has 2 rings (SSSR count). The zero-order chi connectivity index (χ0) is 15.1. The van der Waals surface area contributed by atoms with E-state index < -0.39 is 0 Å². The van der Waals surface area contributed by atoms with Crippen LogP contribution in [-0.2, 0) is 4.74 Å². The largest absolute Gasteiger partial charge is 0.384 e. The first kappa shape index (κ1) is 15.8. The van der Waals surface area contributed by atoms with Crippen molar-refractivity contribution < 1.29 is 9.53 Å². The van der Waals surface area contributed by atoms with Gasteiger partial charge in [0.25, 0.3) is 5.91 Å².